The monoisotopic (exact) mass is 373 g/mol. The molecule has 0 saturated heterocycles. The molecule has 0 fully saturated rings. The van der Waals surface area contributed by atoms with Crippen LogP contribution in [0.25, 0.3) is 0 Å². The summed E-state index contributed by atoms with van der Waals surface area (Å²) in [6.07, 6.45) is 1.39. The van der Waals surface area contributed by atoms with E-state index in [0.29, 0.717) is 5.69 Å². The molecule has 9 nitrogen and oxygen atoms in total. The zero-order valence-corrected chi connectivity index (χ0v) is 14.8. The molecule has 0 saturated carbocycles. The third kappa shape index (κ3) is 6.31. The van der Waals surface area contributed by atoms with Crippen LogP contribution in [0.2, 0.25) is 0 Å². The zero-order chi connectivity index (χ0) is 19.8. The van der Waals surface area contributed by atoms with Crippen molar-refractivity contribution < 1.29 is 28.3 Å². The number of amides is 4. The molecule has 4 amide bonds. The first-order chi connectivity index (χ1) is 12.8. The van der Waals surface area contributed by atoms with Gasteiger partial charge in [0.05, 0.1) is 11.8 Å². The number of esters is 1. The summed E-state index contributed by atoms with van der Waals surface area (Å²) >= 11 is 0. The van der Waals surface area contributed by atoms with Crippen LogP contribution in [0.15, 0.2) is 47.1 Å². The van der Waals surface area contributed by atoms with E-state index in [1.54, 1.807) is 19.9 Å². The lowest BCUT2D eigenvalue weighted by Crippen LogP contribution is -2.44. The van der Waals surface area contributed by atoms with E-state index < -0.39 is 30.4 Å². The summed E-state index contributed by atoms with van der Waals surface area (Å²) in [6, 6.07) is 8.20. The van der Waals surface area contributed by atoms with E-state index >= 15 is 0 Å². The van der Waals surface area contributed by atoms with Gasteiger partial charge in [-0.2, -0.15) is 0 Å². The van der Waals surface area contributed by atoms with E-state index in [2.05, 4.69) is 10.6 Å². The summed E-state index contributed by atoms with van der Waals surface area (Å²) in [5, 5.41) is 7.12. The van der Waals surface area contributed by atoms with Gasteiger partial charge in [-0.25, -0.2) is 9.59 Å². The van der Waals surface area contributed by atoms with Crippen LogP contribution < -0.4 is 16.0 Å². The largest absolute Gasteiger partial charge is 0.459 e. The van der Waals surface area contributed by atoms with Gasteiger partial charge < -0.3 is 19.8 Å². The van der Waals surface area contributed by atoms with Gasteiger partial charge in [0.2, 0.25) is 0 Å². The highest BCUT2D eigenvalue weighted by Crippen LogP contribution is 2.12. The number of imide groups is 1. The lowest BCUT2D eigenvalue weighted by Gasteiger charge is -2.09. The van der Waals surface area contributed by atoms with Gasteiger partial charge in [0.1, 0.15) is 0 Å². The number of benzene rings is 1. The number of carbonyl (C=O) groups excluding carboxylic acids is 4. The number of anilines is 1. The Kier molecular flexibility index (Phi) is 6.70. The maximum atomic E-state index is 11.9. The molecule has 0 aliphatic carbocycles. The Balaban J connectivity index is 1.82. The number of ether oxygens (including phenoxy) is 1. The Morgan fingerprint density at radius 3 is 2.37 bits per heavy atom. The molecule has 1 aromatic heterocycles. The molecule has 1 aromatic carbocycles. The minimum Gasteiger partial charge on any atom is -0.459 e. The molecule has 0 atom stereocenters. The molecule has 0 aliphatic rings. The molecular formula is C18H19N3O6. The first kappa shape index (κ1) is 19.7. The van der Waals surface area contributed by atoms with Gasteiger partial charge in [0, 0.05) is 11.7 Å². The van der Waals surface area contributed by atoms with E-state index in [-0.39, 0.29) is 17.4 Å². The average Bonchev–Trinajstić information content (AvgIpc) is 3.14. The third-order valence-electron chi connectivity index (χ3n) is 3.13. The summed E-state index contributed by atoms with van der Waals surface area (Å²) in [7, 11) is 0. The van der Waals surface area contributed by atoms with Crippen molar-refractivity contribution >= 4 is 29.5 Å². The van der Waals surface area contributed by atoms with Crippen LogP contribution in [0, 0.1) is 0 Å². The van der Waals surface area contributed by atoms with Crippen LogP contribution in [-0.4, -0.2) is 36.5 Å². The van der Waals surface area contributed by atoms with Crippen LogP contribution in [-0.2, 0) is 9.53 Å². The molecule has 0 bridgehead atoms. The minimum atomic E-state index is -0.746. The predicted octanol–water partition coefficient (Wildman–Crippen LogP) is 1.92. The molecule has 3 N–H and O–H groups in total. The second-order valence-electron chi connectivity index (χ2n) is 5.76. The maximum absolute atomic E-state index is 11.9. The zero-order valence-electron chi connectivity index (χ0n) is 14.8. The van der Waals surface area contributed by atoms with E-state index in [0.717, 1.165) is 0 Å². The highest BCUT2D eigenvalue weighted by Gasteiger charge is 2.14. The Hall–Kier alpha value is -3.62. The van der Waals surface area contributed by atoms with Crippen molar-refractivity contribution in [3.05, 3.63) is 54.0 Å². The maximum Gasteiger partial charge on any atom is 0.338 e. The molecule has 2 aromatic rings. The summed E-state index contributed by atoms with van der Waals surface area (Å²) in [5.74, 6) is -1.75. The van der Waals surface area contributed by atoms with Crippen molar-refractivity contribution in [2.24, 2.45) is 0 Å². The number of rotatable bonds is 6. The molecule has 0 radical (unpaired) electrons. The Morgan fingerprint density at radius 1 is 1.07 bits per heavy atom. The van der Waals surface area contributed by atoms with Gasteiger partial charge in [-0.05, 0) is 50.2 Å². The highest BCUT2D eigenvalue weighted by atomic mass is 16.5. The van der Waals surface area contributed by atoms with E-state index in [4.69, 9.17) is 9.15 Å². The van der Waals surface area contributed by atoms with E-state index in [1.165, 1.54) is 36.6 Å². The second kappa shape index (κ2) is 9.18. The van der Waals surface area contributed by atoms with Crippen LogP contribution >= 0.6 is 0 Å². The van der Waals surface area contributed by atoms with Crippen molar-refractivity contribution in [2.45, 2.75) is 19.9 Å². The van der Waals surface area contributed by atoms with Gasteiger partial charge in [0.15, 0.2) is 12.4 Å². The van der Waals surface area contributed by atoms with E-state index in [1.807, 2.05) is 5.32 Å². The van der Waals surface area contributed by atoms with E-state index in [9.17, 15) is 19.2 Å². The Labute approximate surface area is 155 Å². The molecule has 27 heavy (non-hydrogen) atoms. The average molecular weight is 373 g/mol. The van der Waals surface area contributed by atoms with Crippen LogP contribution in [0.3, 0.4) is 0 Å². The van der Waals surface area contributed by atoms with Crippen LogP contribution in [0.5, 0.6) is 0 Å². The Morgan fingerprint density at radius 2 is 1.78 bits per heavy atom. The molecule has 0 unspecified atom stereocenters. The topological polar surface area (TPSA) is 127 Å². The van der Waals surface area contributed by atoms with Crippen molar-refractivity contribution in [1.29, 1.82) is 0 Å². The fraction of sp³-hybridized carbons (Fsp3) is 0.222. The summed E-state index contributed by atoms with van der Waals surface area (Å²) in [5.41, 5.74) is 0.640. The van der Waals surface area contributed by atoms with Crippen LogP contribution in [0.4, 0.5) is 10.5 Å². The van der Waals surface area contributed by atoms with Crippen molar-refractivity contribution in [2.75, 3.05) is 11.9 Å². The fourth-order valence-corrected chi connectivity index (χ4v) is 1.97. The number of nitrogens with one attached hydrogen (secondary N) is 3. The normalized spacial score (nSPS) is 10.2. The van der Waals surface area contributed by atoms with Gasteiger partial charge >= 0.3 is 12.0 Å². The smallest absolute Gasteiger partial charge is 0.338 e. The first-order valence-corrected chi connectivity index (χ1v) is 8.07. The standard InChI is InChI=1S/C18H19N3O6/c1-11(2)19-18(25)21-15(22)10-27-17(24)12-5-7-13(8-6-12)20-16(23)14-4-3-9-26-14/h3-9,11H,10H2,1-2H3,(H,20,23)(H2,19,21,22,25). The van der Waals surface area contributed by atoms with Gasteiger partial charge in [-0.15, -0.1) is 0 Å². The second-order valence-corrected chi connectivity index (χ2v) is 5.76. The lowest BCUT2D eigenvalue weighted by atomic mass is 10.2. The molecule has 0 spiro atoms. The predicted molar refractivity (Wildman–Crippen MR) is 95.2 cm³/mol. The lowest BCUT2D eigenvalue weighted by molar-refractivity contribution is -0.123. The fourth-order valence-electron chi connectivity index (χ4n) is 1.97. The molecule has 9 heteroatoms. The number of urea groups is 1. The SMILES string of the molecule is CC(C)NC(=O)NC(=O)COC(=O)c1ccc(NC(=O)c2ccco2)cc1. The van der Waals surface area contributed by atoms with Gasteiger partial charge in [-0.1, -0.05) is 0 Å². The summed E-state index contributed by atoms with van der Waals surface area (Å²) in [4.78, 5) is 46.7. The molecule has 0 aliphatic heterocycles. The summed E-state index contributed by atoms with van der Waals surface area (Å²) < 4.78 is 9.82. The summed E-state index contributed by atoms with van der Waals surface area (Å²) in [6.45, 7) is 2.89. The third-order valence-corrected chi connectivity index (χ3v) is 3.13. The molecular weight excluding hydrogens is 354 g/mol. The van der Waals surface area contributed by atoms with Crippen molar-refractivity contribution in [1.82, 2.24) is 10.6 Å². The minimum absolute atomic E-state index is 0.132. The number of hydrogen-bond acceptors (Lipinski definition) is 6. The highest BCUT2D eigenvalue weighted by molar-refractivity contribution is 6.02. The number of furan rings is 1. The molecule has 142 valence electrons. The Bertz CT molecular complexity index is 812. The van der Waals surface area contributed by atoms with Crippen molar-refractivity contribution in [3.63, 3.8) is 0 Å². The first-order valence-electron chi connectivity index (χ1n) is 8.07. The van der Waals surface area contributed by atoms with Gasteiger partial charge in [0.25, 0.3) is 11.8 Å². The van der Waals surface area contributed by atoms with Crippen molar-refractivity contribution in [3.8, 4) is 0 Å². The number of carbonyl (C=O) groups is 4. The molecule has 2 rings (SSSR count). The quantitative estimate of drug-likeness (QED) is 0.664. The number of hydrogen-bond donors (Lipinski definition) is 3. The van der Waals surface area contributed by atoms with Crippen LogP contribution in [0.1, 0.15) is 34.8 Å². The van der Waals surface area contributed by atoms with Gasteiger partial charge in [-0.3, -0.25) is 14.9 Å². The molecule has 1 heterocycles.